The van der Waals surface area contributed by atoms with Crippen LogP contribution in [0.2, 0.25) is 0 Å². The first kappa shape index (κ1) is 11.6. The molecule has 82 valence electrons. The van der Waals surface area contributed by atoms with E-state index in [0.29, 0.717) is 12.1 Å². The number of amides is 1. The van der Waals surface area contributed by atoms with E-state index in [1.54, 1.807) is 12.1 Å². The molecule has 0 aliphatic rings. The van der Waals surface area contributed by atoms with Crippen molar-refractivity contribution in [3.05, 3.63) is 29.8 Å². The van der Waals surface area contributed by atoms with Gasteiger partial charge in [0, 0.05) is 12.1 Å². The van der Waals surface area contributed by atoms with E-state index < -0.39 is 0 Å². The predicted molar refractivity (Wildman–Crippen MR) is 59.9 cm³/mol. The van der Waals surface area contributed by atoms with Crippen molar-refractivity contribution in [3.63, 3.8) is 0 Å². The summed E-state index contributed by atoms with van der Waals surface area (Å²) in [4.78, 5) is 11.6. The molecule has 0 saturated carbocycles. The third kappa shape index (κ3) is 4.02. The van der Waals surface area contributed by atoms with Gasteiger partial charge in [0.1, 0.15) is 5.75 Å². The Morgan fingerprint density at radius 1 is 1.27 bits per heavy atom. The third-order valence-electron chi connectivity index (χ3n) is 1.91. The average molecular weight is 207 g/mol. The molecule has 0 aromatic heterocycles. The summed E-state index contributed by atoms with van der Waals surface area (Å²) >= 11 is 0. The van der Waals surface area contributed by atoms with Crippen molar-refractivity contribution in [1.82, 2.24) is 5.32 Å². The zero-order valence-electron chi connectivity index (χ0n) is 9.37. The predicted octanol–water partition coefficient (Wildman–Crippen LogP) is 2.17. The van der Waals surface area contributed by atoms with Crippen molar-refractivity contribution in [2.24, 2.45) is 5.41 Å². The van der Waals surface area contributed by atoms with E-state index in [2.05, 4.69) is 26.1 Å². The van der Waals surface area contributed by atoms with Gasteiger partial charge >= 0.3 is 0 Å². The van der Waals surface area contributed by atoms with Crippen LogP contribution in [0.25, 0.3) is 0 Å². The van der Waals surface area contributed by atoms with Crippen molar-refractivity contribution in [2.45, 2.75) is 20.8 Å². The minimum absolute atomic E-state index is 0.0760. The fourth-order valence-corrected chi connectivity index (χ4v) is 1.06. The minimum Gasteiger partial charge on any atom is -0.508 e. The first-order chi connectivity index (χ1) is 6.88. The summed E-state index contributed by atoms with van der Waals surface area (Å²) in [5.41, 5.74) is 0.643. The van der Waals surface area contributed by atoms with Crippen molar-refractivity contribution < 1.29 is 9.90 Å². The topological polar surface area (TPSA) is 49.3 Å². The summed E-state index contributed by atoms with van der Waals surface area (Å²) in [6.45, 7) is 6.81. The van der Waals surface area contributed by atoms with Gasteiger partial charge in [0.05, 0.1) is 0 Å². The molecule has 15 heavy (non-hydrogen) atoms. The van der Waals surface area contributed by atoms with E-state index in [-0.39, 0.29) is 17.1 Å². The number of phenolic OH excluding ortho intramolecular Hbond substituents is 1. The first-order valence-electron chi connectivity index (χ1n) is 4.96. The van der Waals surface area contributed by atoms with Gasteiger partial charge in [-0.3, -0.25) is 4.79 Å². The van der Waals surface area contributed by atoms with Crippen molar-refractivity contribution in [2.75, 3.05) is 6.54 Å². The van der Waals surface area contributed by atoms with Crippen LogP contribution in [0.1, 0.15) is 31.1 Å². The molecule has 3 heteroatoms. The first-order valence-corrected chi connectivity index (χ1v) is 4.96. The number of hydrogen-bond donors (Lipinski definition) is 2. The number of benzene rings is 1. The molecule has 1 aromatic carbocycles. The number of rotatable bonds is 2. The zero-order valence-corrected chi connectivity index (χ0v) is 9.37. The maximum absolute atomic E-state index is 11.6. The van der Waals surface area contributed by atoms with Crippen LogP contribution in [0.4, 0.5) is 0 Å². The maximum atomic E-state index is 11.6. The van der Waals surface area contributed by atoms with Gasteiger partial charge in [-0.2, -0.15) is 0 Å². The second-order valence-corrected chi connectivity index (χ2v) is 4.79. The Labute approximate surface area is 90.1 Å². The maximum Gasteiger partial charge on any atom is 0.251 e. The van der Waals surface area contributed by atoms with E-state index in [1.807, 2.05) is 0 Å². The summed E-state index contributed by atoms with van der Waals surface area (Å²) in [5, 5.41) is 11.9. The summed E-state index contributed by atoms with van der Waals surface area (Å²) in [6.07, 6.45) is 0. The van der Waals surface area contributed by atoms with Gasteiger partial charge in [0.15, 0.2) is 0 Å². The van der Waals surface area contributed by atoms with Crippen LogP contribution < -0.4 is 5.32 Å². The minimum atomic E-state index is -0.107. The number of carbonyl (C=O) groups excluding carboxylic acids is 1. The molecule has 0 saturated heterocycles. The number of carbonyl (C=O) groups is 1. The van der Waals surface area contributed by atoms with Crippen molar-refractivity contribution >= 4 is 5.91 Å². The van der Waals surface area contributed by atoms with Gasteiger partial charge in [-0.1, -0.05) is 20.8 Å². The molecular weight excluding hydrogens is 190 g/mol. The Morgan fingerprint density at radius 2 is 1.80 bits per heavy atom. The van der Waals surface area contributed by atoms with Gasteiger partial charge in [-0.05, 0) is 29.7 Å². The van der Waals surface area contributed by atoms with Crippen LogP contribution in [0.15, 0.2) is 24.3 Å². The molecule has 3 nitrogen and oxygen atoms in total. The van der Waals surface area contributed by atoms with E-state index in [9.17, 15) is 4.79 Å². The van der Waals surface area contributed by atoms with Gasteiger partial charge in [-0.25, -0.2) is 0 Å². The molecule has 0 unspecified atom stereocenters. The van der Waals surface area contributed by atoms with Gasteiger partial charge in [0.2, 0.25) is 0 Å². The molecule has 0 aliphatic heterocycles. The lowest BCUT2D eigenvalue weighted by Crippen LogP contribution is -2.32. The Kier molecular flexibility index (Phi) is 3.35. The highest BCUT2D eigenvalue weighted by Gasteiger charge is 2.12. The van der Waals surface area contributed by atoms with Crippen LogP contribution in [0.5, 0.6) is 5.75 Å². The molecule has 0 fully saturated rings. The second-order valence-electron chi connectivity index (χ2n) is 4.79. The largest absolute Gasteiger partial charge is 0.508 e. The van der Waals surface area contributed by atoms with Crippen molar-refractivity contribution in [3.8, 4) is 5.75 Å². The molecule has 0 spiro atoms. The number of hydrogen-bond acceptors (Lipinski definition) is 2. The number of phenols is 1. The second kappa shape index (κ2) is 4.34. The van der Waals surface area contributed by atoms with Crippen LogP contribution in [-0.2, 0) is 0 Å². The molecule has 0 aliphatic carbocycles. The van der Waals surface area contributed by atoms with E-state index in [1.165, 1.54) is 12.1 Å². The van der Waals surface area contributed by atoms with Gasteiger partial charge in [0.25, 0.3) is 5.91 Å². The lowest BCUT2D eigenvalue weighted by Gasteiger charge is -2.18. The van der Waals surface area contributed by atoms with Gasteiger partial charge < -0.3 is 10.4 Å². The van der Waals surface area contributed by atoms with E-state index in [0.717, 1.165) is 0 Å². The Balaban J connectivity index is 2.58. The average Bonchev–Trinajstić information content (AvgIpc) is 2.14. The fraction of sp³-hybridized carbons (Fsp3) is 0.417. The van der Waals surface area contributed by atoms with Crippen molar-refractivity contribution in [1.29, 1.82) is 0 Å². The zero-order chi connectivity index (χ0) is 11.5. The normalized spacial score (nSPS) is 11.1. The standard InChI is InChI=1S/C12H17NO2/c1-12(2,3)8-13-11(15)9-4-6-10(14)7-5-9/h4-7,14H,8H2,1-3H3,(H,13,15). The monoisotopic (exact) mass is 207 g/mol. The molecule has 2 N–H and O–H groups in total. The molecule has 1 aromatic rings. The molecule has 0 atom stereocenters. The van der Waals surface area contributed by atoms with Crippen LogP contribution >= 0.6 is 0 Å². The molecule has 0 radical (unpaired) electrons. The molecule has 0 heterocycles. The number of nitrogens with one attached hydrogen (secondary N) is 1. The molecule has 0 bridgehead atoms. The lowest BCUT2D eigenvalue weighted by atomic mass is 9.97. The fourth-order valence-electron chi connectivity index (χ4n) is 1.06. The van der Waals surface area contributed by atoms with E-state index >= 15 is 0 Å². The molecule has 1 rings (SSSR count). The molecule has 1 amide bonds. The summed E-state index contributed by atoms with van der Waals surface area (Å²) in [7, 11) is 0. The van der Waals surface area contributed by atoms with Crippen LogP contribution in [0.3, 0.4) is 0 Å². The SMILES string of the molecule is CC(C)(C)CNC(=O)c1ccc(O)cc1. The highest BCUT2D eigenvalue weighted by molar-refractivity contribution is 5.94. The van der Waals surface area contributed by atoms with E-state index in [4.69, 9.17) is 5.11 Å². The summed E-state index contributed by atoms with van der Waals surface area (Å²) in [6, 6.07) is 6.22. The van der Waals surface area contributed by atoms with Crippen LogP contribution in [0, 0.1) is 5.41 Å². The smallest absolute Gasteiger partial charge is 0.251 e. The summed E-state index contributed by atoms with van der Waals surface area (Å²) < 4.78 is 0. The Hall–Kier alpha value is -1.51. The molecular formula is C12H17NO2. The van der Waals surface area contributed by atoms with Gasteiger partial charge in [-0.15, -0.1) is 0 Å². The van der Waals surface area contributed by atoms with Crippen LogP contribution in [-0.4, -0.2) is 17.6 Å². The third-order valence-corrected chi connectivity index (χ3v) is 1.91. The lowest BCUT2D eigenvalue weighted by molar-refractivity contribution is 0.0939. The highest BCUT2D eigenvalue weighted by Crippen LogP contribution is 2.12. The highest BCUT2D eigenvalue weighted by atomic mass is 16.3. The quantitative estimate of drug-likeness (QED) is 0.780. The Bertz CT molecular complexity index is 336. The summed E-state index contributed by atoms with van der Waals surface area (Å²) in [5.74, 6) is 0.0623. The Morgan fingerprint density at radius 3 is 2.27 bits per heavy atom. The number of aromatic hydroxyl groups is 1.